The maximum atomic E-state index is 12.4. The van der Waals surface area contributed by atoms with E-state index in [2.05, 4.69) is 26.1 Å². The molecule has 0 radical (unpaired) electrons. The van der Waals surface area contributed by atoms with Crippen LogP contribution in [0.15, 0.2) is 48.8 Å². The summed E-state index contributed by atoms with van der Waals surface area (Å²) in [4.78, 5) is 44.5. The monoisotopic (exact) mass is 466 g/mol. The standard InChI is InChI=1S/C22H22N6O6/c1-32-16-6-4-12(5-7-16)20(29)28-27-19-17(23)18(24-11-25-19)26-15-9-13(21(30)33-2)8-14(10-15)22(31)34-3/h4-11H,23H2,1-3H3,(H,28,29)(H2,24,25,26,27). The summed E-state index contributed by atoms with van der Waals surface area (Å²) in [6, 6.07) is 10.8. The Labute approximate surface area is 194 Å². The number of nitrogen functional groups attached to an aromatic ring is 1. The number of hydrogen-bond donors (Lipinski definition) is 4. The fourth-order valence-electron chi connectivity index (χ4n) is 2.83. The molecule has 1 aromatic heterocycles. The molecule has 0 aliphatic heterocycles. The highest BCUT2D eigenvalue weighted by Gasteiger charge is 2.16. The zero-order valence-corrected chi connectivity index (χ0v) is 18.5. The van der Waals surface area contributed by atoms with Gasteiger partial charge in [-0.3, -0.25) is 15.6 Å². The van der Waals surface area contributed by atoms with Gasteiger partial charge in [-0.25, -0.2) is 19.6 Å². The van der Waals surface area contributed by atoms with Crippen LogP contribution in [0, 0.1) is 0 Å². The molecule has 12 heteroatoms. The van der Waals surface area contributed by atoms with Crippen molar-refractivity contribution < 1.29 is 28.6 Å². The molecule has 2 aromatic carbocycles. The molecular weight excluding hydrogens is 444 g/mol. The molecule has 0 unspecified atom stereocenters. The number of amides is 1. The van der Waals surface area contributed by atoms with Crippen LogP contribution in [-0.2, 0) is 9.47 Å². The molecule has 176 valence electrons. The molecule has 0 atom stereocenters. The summed E-state index contributed by atoms with van der Waals surface area (Å²) in [5.41, 5.74) is 12.3. The summed E-state index contributed by atoms with van der Waals surface area (Å²) in [5.74, 6) is -0.817. The van der Waals surface area contributed by atoms with E-state index in [9.17, 15) is 14.4 Å². The summed E-state index contributed by atoms with van der Waals surface area (Å²) >= 11 is 0. The smallest absolute Gasteiger partial charge is 0.337 e. The van der Waals surface area contributed by atoms with Gasteiger partial charge in [0.2, 0.25) is 0 Å². The van der Waals surface area contributed by atoms with Crippen molar-refractivity contribution in [2.75, 3.05) is 37.8 Å². The average Bonchev–Trinajstić information content (AvgIpc) is 2.87. The molecule has 0 aliphatic rings. The minimum absolute atomic E-state index is 0.0700. The Hall–Kier alpha value is -4.87. The first-order valence-corrected chi connectivity index (χ1v) is 9.76. The highest BCUT2D eigenvalue weighted by atomic mass is 16.5. The van der Waals surface area contributed by atoms with Crippen molar-refractivity contribution in [3.05, 3.63) is 65.5 Å². The number of esters is 2. The van der Waals surface area contributed by atoms with E-state index in [-0.39, 0.29) is 28.5 Å². The van der Waals surface area contributed by atoms with E-state index in [1.807, 2.05) is 0 Å². The molecule has 3 aromatic rings. The predicted molar refractivity (Wildman–Crippen MR) is 123 cm³/mol. The topological polar surface area (TPSA) is 167 Å². The van der Waals surface area contributed by atoms with E-state index >= 15 is 0 Å². The molecular formula is C22H22N6O6. The zero-order chi connectivity index (χ0) is 24.7. The van der Waals surface area contributed by atoms with E-state index in [0.717, 1.165) is 0 Å². The number of benzene rings is 2. The van der Waals surface area contributed by atoms with Gasteiger partial charge in [-0.2, -0.15) is 0 Å². The van der Waals surface area contributed by atoms with Crippen LogP contribution in [0.5, 0.6) is 5.75 Å². The highest BCUT2D eigenvalue weighted by Crippen LogP contribution is 2.27. The first-order valence-electron chi connectivity index (χ1n) is 9.76. The molecule has 5 N–H and O–H groups in total. The van der Waals surface area contributed by atoms with E-state index in [1.165, 1.54) is 45.9 Å². The number of aromatic nitrogens is 2. The third-order valence-corrected chi connectivity index (χ3v) is 4.57. The minimum atomic E-state index is -0.645. The van der Waals surface area contributed by atoms with E-state index in [0.29, 0.717) is 17.0 Å². The largest absolute Gasteiger partial charge is 0.497 e. The molecule has 0 aliphatic carbocycles. The lowest BCUT2D eigenvalue weighted by molar-refractivity contribution is 0.0599. The van der Waals surface area contributed by atoms with Gasteiger partial charge in [-0.15, -0.1) is 0 Å². The second-order valence-corrected chi connectivity index (χ2v) is 6.70. The van der Waals surface area contributed by atoms with Crippen LogP contribution in [-0.4, -0.2) is 49.1 Å². The van der Waals surface area contributed by atoms with Crippen molar-refractivity contribution in [2.45, 2.75) is 0 Å². The van der Waals surface area contributed by atoms with Gasteiger partial charge in [-0.05, 0) is 42.5 Å². The Morgan fingerprint density at radius 2 is 1.41 bits per heavy atom. The average molecular weight is 466 g/mol. The lowest BCUT2D eigenvalue weighted by Crippen LogP contribution is -2.30. The Morgan fingerprint density at radius 1 is 0.824 bits per heavy atom. The van der Waals surface area contributed by atoms with Crippen LogP contribution in [0.2, 0.25) is 0 Å². The van der Waals surface area contributed by atoms with Crippen molar-refractivity contribution >= 4 is 40.9 Å². The Balaban J connectivity index is 1.79. The van der Waals surface area contributed by atoms with Crippen LogP contribution in [0.4, 0.5) is 23.0 Å². The first kappa shape index (κ1) is 23.8. The second kappa shape index (κ2) is 10.6. The molecule has 1 heterocycles. The Kier molecular flexibility index (Phi) is 7.44. The number of carbonyl (C=O) groups excluding carboxylic acids is 3. The maximum absolute atomic E-state index is 12.4. The normalized spacial score (nSPS) is 10.1. The summed E-state index contributed by atoms with van der Waals surface area (Å²) < 4.78 is 14.5. The van der Waals surface area contributed by atoms with Gasteiger partial charge >= 0.3 is 11.9 Å². The molecule has 0 saturated heterocycles. The molecule has 1 amide bonds. The van der Waals surface area contributed by atoms with Crippen LogP contribution < -0.4 is 26.6 Å². The van der Waals surface area contributed by atoms with E-state index in [1.54, 1.807) is 24.3 Å². The molecule has 34 heavy (non-hydrogen) atoms. The van der Waals surface area contributed by atoms with E-state index < -0.39 is 17.8 Å². The number of anilines is 4. The van der Waals surface area contributed by atoms with Crippen molar-refractivity contribution in [1.29, 1.82) is 0 Å². The number of nitrogens with zero attached hydrogens (tertiary/aromatic N) is 2. The summed E-state index contributed by atoms with van der Waals surface area (Å²) in [6.07, 6.45) is 1.21. The van der Waals surface area contributed by atoms with Crippen LogP contribution in [0.1, 0.15) is 31.1 Å². The fourth-order valence-corrected chi connectivity index (χ4v) is 2.83. The van der Waals surface area contributed by atoms with Gasteiger partial charge in [0.25, 0.3) is 5.91 Å². The number of methoxy groups -OCH3 is 3. The summed E-state index contributed by atoms with van der Waals surface area (Å²) in [6.45, 7) is 0. The van der Waals surface area contributed by atoms with Gasteiger partial charge in [0.15, 0.2) is 11.6 Å². The third-order valence-electron chi connectivity index (χ3n) is 4.57. The predicted octanol–water partition coefficient (Wildman–Crippen LogP) is 2.14. The fraction of sp³-hybridized carbons (Fsp3) is 0.136. The molecule has 0 fully saturated rings. The molecule has 12 nitrogen and oxygen atoms in total. The van der Waals surface area contributed by atoms with Crippen molar-refractivity contribution in [3.8, 4) is 5.75 Å². The van der Waals surface area contributed by atoms with Crippen LogP contribution in [0.25, 0.3) is 0 Å². The quantitative estimate of drug-likeness (QED) is 0.284. The molecule has 3 rings (SSSR count). The van der Waals surface area contributed by atoms with Crippen molar-refractivity contribution in [1.82, 2.24) is 15.4 Å². The van der Waals surface area contributed by atoms with E-state index in [4.69, 9.17) is 19.9 Å². The summed E-state index contributed by atoms with van der Waals surface area (Å²) in [7, 11) is 3.98. The number of hydrogen-bond acceptors (Lipinski definition) is 11. The number of nitrogens with one attached hydrogen (secondary N) is 3. The number of ether oxygens (including phenoxy) is 3. The first-order chi connectivity index (χ1) is 16.4. The Morgan fingerprint density at radius 3 is 1.97 bits per heavy atom. The molecule has 0 saturated carbocycles. The van der Waals surface area contributed by atoms with Gasteiger partial charge in [0, 0.05) is 11.3 Å². The lowest BCUT2D eigenvalue weighted by atomic mass is 10.1. The van der Waals surface area contributed by atoms with Crippen LogP contribution in [0.3, 0.4) is 0 Å². The maximum Gasteiger partial charge on any atom is 0.337 e. The number of hydrazine groups is 1. The molecule has 0 spiro atoms. The third kappa shape index (κ3) is 5.48. The molecule has 0 bridgehead atoms. The Bertz CT molecular complexity index is 1180. The van der Waals surface area contributed by atoms with Crippen LogP contribution >= 0.6 is 0 Å². The zero-order valence-electron chi connectivity index (χ0n) is 18.5. The highest BCUT2D eigenvalue weighted by molar-refractivity contribution is 5.98. The van der Waals surface area contributed by atoms with Gasteiger partial charge < -0.3 is 25.3 Å². The van der Waals surface area contributed by atoms with Crippen molar-refractivity contribution in [2.24, 2.45) is 0 Å². The summed E-state index contributed by atoms with van der Waals surface area (Å²) in [5, 5.41) is 2.93. The SMILES string of the molecule is COC(=O)c1cc(Nc2ncnc(NNC(=O)c3ccc(OC)cc3)c2N)cc(C(=O)OC)c1. The van der Waals surface area contributed by atoms with Gasteiger partial charge in [-0.1, -0.05) is 0 Å². The number of carbonyl (C=O) groups is 3. The second-order valence-electron chi connectivity index (χ2n) is 6.70. The number of rotatable bonds is 8. The number of nitrogens with two attached hydrogens (primary N) is 1. The lowest BCUT2D eigenvalue weighted by Gasteiger charge is -2.14. The van der Waals surface area contributed by atoms with Crippen molar-refractivity contribution in [3.63, 3.8) is 0 Å². The van der Waals surface area contributed by atoms with Gasteiger partial charge in [0.1, 0.15) is 17.8 Å². The van der Waals surface area contributed by atoms with Gasteiger partial charge in [0.05, 0.1) is 32.5 Å². The minimum Gasteiger partial charge on any atom is -0.497 e.